The minimum atomic E-state index is 0.500. The Hall–Kier alpha value is -1.19. The van der Waals surface area contributed by atoms with Gasteiger partial charge in [-0.2, -0.15) is 0 Å². The molecule has 21 heavy (non-hydrogen) atoms. The number of fused-ring (bicyclic) bond motifs is 1. The third kappa shape index (κ3) is 2.90. The number of hydrogen-bond donors (Lipinski definition) is 1. The highest BCUT2D eigenvalue weighted by Gasteiger charge is 2.27. The molecule has 3 rings (SSSR count). The van der Waals surface area contributed by atoms with Gasteiger partial charge in [-0.25, -0.2) is 4.98 Å². The first kappa shape index (κ1) is 14.7. The van der Waals surface area contributed by atoms with Crippen LogP contribution >= 0.6 is 11.3 Å². The fourth-order valence-electron chi connectivity index (χ4n) is 3.16. The maximum atomic E-state index is 5.02. The third-order valence-electron chi connectivity index (χ3n) is 4.26. The number of aryl methyl sites for hydroxylation is 1. The molecule has 1 atom stereocenters. The van der Waals surface area contributed by atoms with Gasteiger partial charge < -0.3 is 5.32 Å². The summed E-state index contributed by atoms with van der Waals surface area (Å²) in [6, 6.07) is 8.87. The van der Waals surface area contributed by atoms with Crippen LogP contribution in [-0.4, -0.2) is 11.5 Å². The maximum Gasteiger partial charge on any atom is 0.101 e. The van der Waals surface area contributed by atoms with Gasteiger partial charge in [0.1, 0.15) is 5.01 Å². The van der Waals surface area contributed by atoms with E-state index < -0.39 is 0 Å². The van der Waals surface area contributed by atoms with Crippen LogP contribution in [0.2, 0.25) is 0 Å². The fourth-order valence-corrected chi connectivity index (χ4v) is 4.51. The van der Waals surface area contributed by atoms with E-state index in [4.69, 9.17) is 4.98 Å². The lowest BCUT2D eigenvalue weighted by molar-refractivity contribution is 0.709. The Morgan fingerprint density at radius 1 is 1.33 bits per heavy atom. The second kappa shape index (κ2) is 6.29. The van der Waals surface area contributed by atoms with Crippen LogP contribution in [0.3, 0.4) is 0 Å². The summed E-state index contributed by atoms with van der Waals surface area (Å²) < 4.78 is 0. The summed E-state index contributed by atoms with van der Waals surface area (Å²) in [5.41, 5.74) is 4.30. The van der Waals surface area contributed by atoms with Crippen molar-refractivity contribution >= 4 is 11.3 Å². The SMILES string of the molecule is CCNCc1sc(C2CCc3ccccc32)nc1C(C)C. The van der Waals surface area contributed by atoms with E-state index in [1.807, 2.05) is 11.3 Å². The van der Waals surface area contributed by atoms with Crippen molar-refractivity contribution in [2.24, 2.45) is 0 Å². The number of benzene rings is 1. The molecule has 2 nitrogen and oxygen atoms in total. The van der Waals surface area contributed by atoms with Crippen molar-refractivity contribution in [2.45, 2.75) is 52.0 Å². The van der Waals surface area contributed by atoms with Gasteiger partial charge in [0, 0.05) is 17.3 Å². The van der Waals surface area contributed by atoms with E-state index in [9.17, 15) is 0 Å². The number of aromatic nitrogens is 1. The number of nitrogens with one attached hydrogen (secondary N) is 1. The molecule has 1 heterocycles. The van der Waals surface area contributed by atoms with Crippen LogP contribution in [0.25, 0.3) is 0 Å². The zero-order chi connectivity index (χ0) is 14.8. The summed E-state index contributed by atoms with van der Waals surface area (Å²) in [5.74, 6) is 1.01. The Kier molecular flexibility index (Phi) is 4.41. The van der Waals surface area contributed by atoms with Gasteiger partial charge in [0.05, 0.1) is 5.69 Å². The van der Waals surface area contributed by atoms with Crippen molar-refractivity contribution in [3.8, 4) is 0 Å². The Morgan fingerprint density at radius 2 is 2.14 bits per heavy atom. The van der Waals surface area contributed by atoms with E-state index in [2.05, 4.69) is 50.4 Å². The van der Waals surface area contributed by atoms with E-state index in [-0.39, 0.29) is 0 Å². The number of nitrogens with zero attached hydrogens (tertiary/aromatic N) is 1. The summed E-state index contributed by atoms with van der Waals surface area (Å²) in [6.07, 6.45) is 2.41. The molecule has 1 N–H and O–H groups in total. The van der Waals surface area contributed by atoms with Crippen molar-refractivity contribution in [2.75, 3.05) is 6.54 Å². The minimum absolute atomic E-state index is 0.500. The van der Waals surface area contributed by atoms with Gasteiger partial charge in [0.15, 0.2) is 0 Å². The largest absolute Gasteiger partial charge is 0.312 e. The first-order chi connectivity index (χ1) is 10.2. The monoisotopic (exact) mass is 300 g/mol. The Balaban J connectivity index is 1.93. The van der Waals surface area contributed by atoms with Crippen molar-refractivity contribution in [1.82, 2.24) is 10.3 Å². The molecule has 0 spiro atoms. The zero-order valence-corrected chi connectivity index (χ0v) is 14.0. The molecule has 1 aromatic heterocycles. The van der Waals surface area contributed by atoms with Crippen molar-refractivity contribution in [1.29, 1.82) is 0 Å². The molecule has 0 radical (unpaired) electrons. The van der Waals surface area contributed by atoms with Crippen LogP contribution in [0.1, 0.15) is 65.7 Å². The van der Waals surface area contributed by atoms with Crippen molar-refractivity contribution in [3.63, 3.8) is 0 Å². The lowest BCUT2D eigenvalue weighted by Gasteiger charge is -2.07. The summed E-state index contributed by atoms with van der Waals surface area (Å²) >= 11 is 1.92. The molecular formula is C18H24N2S. The predicted molar refractivity (Wildman–Crippen MR) is 90.2 cm³/mol. The topological polar surface area (TPSA) is 24.9 Å². The minimum Gasteiger partial charge on any atom is -0.312 e. The molecule has 0 amide bonds. The summed E-state index contributed by atoms with van der Waals surface area (Å²) in [5, 5.41) is 4.77. The van der Waals surface area contributed by atoms with Crippen LogP contribution in [0.5, 0.6) is 0 Å². The highest BCUT2D eigenvalue weighted by Crippen LogP contribution is 2.41. The number of hydrogen-bond acceptors (Lipinski definition) is 3. The van der Waals surface area contributed by atoms with Crippen LogP contribution in [0.4, 0.5) is 0 Å². The molecule has 2 aromatic rings. The number of rotatable bonds is 5. The highest BCUT2D eigenvalue weighted by atomic mass is 32.1. The smallest absolute Gasteiger partial charge is 0.101 e. The van der Waals surface area contributed by atoms with E-state index in [1.165, 1.54) is 39.5 Å². The normalized spacial score (nSPS) is 17.4. The van der Waals surface area contributed by atoms with Crippen LogP contribution in [0, 0.1) is 0 Å². The van der Waals surface area contributed by atoms with E-state index >= 15 is 0 Å². The molecule has 0 saturated heterocycles. The van der Waals surface area contributed by atoms with Gasteiger partial charge in [0.25, 0.3) is 0 Å². The van der Waals surface area contributed by atoms with Crippen LogP contribution in [0.15, 0.2) is 24.3 Å². The Morgan fingerprint density at radius 3 is 2.90 bits per heavy atom. The molecule has 0 bridgehead atoms. The highest BCUT2D eigenvalue weighted by molar-refractivity contribution is 7.11. The first-order valence-electron chi connectivity index (χ1n) is 7.98. The second-order valence-corrected chi connectivity index (χ2v) is 7.20. The second-order valence-electron chi connectivity index (χ2n) is 6.09. The number of thiazole rings is 1. The lowest BCUT2D eigenvalue weighted by atomic mass is 10.0. The van der Waals surface area contributed by atoms with E-state index in [0.717, 1.165) is 13.1 Å². The molecule has 0 aliphatic heterocycles. The fraction of sp³-hybridized carbons (Fsp3) is 0.500. The molecular weight excluding hydrogens is 276 g/mol. The molecule has 0 fully saturated rings. The van der Waals surface area contributed by atoms with Crippen molar-refractivity contribution in [3.05, 3.63) is 51.0 Å². The van der Waals surface area contributed by atoms with Gasteiger partial charge in [-0.15, -0.1) is 11.3 Å². The maximum absolute atomic E-state index is 5.02. The average Bonchev–Trinajstić information content (AvgIpc) is 3.08. The molecule has 3 heteroatoms. The van der Waals surface area contributed by atoms with Gasteiger partial charge in [-0.05, 0) is 36.4 Å². The molecule has 1 aliphatic carbocycles. The quantitative estimate of drug-likeness (QED) is 0.882. The summed E-state index contributed by atoms with van der Waals surface area (Å²) in [4.78, 5) is 6.44. The molecule has 1 aromatic carbocycles. The van der Waals surface area contributed by atoms with Crippen molar-refractivity contribution < 1.29 is 0 Å². The first-order valence-corrected chi connectivity index (χ1v) is 8.80. The average molecular weight is 300 g/mol. The molecule has 0 saturated carbocycles. The van der Waals surface area contributed by atoms with Gasteiger partial charge in [-0.3, -0.25) is 0 Å². The Labute approximate surface area is 131 Å². The van der Waals surface area contributed by atoms with Crippen LogP contribution < -0.4 is 5.32 Å². The summed E-state index contributed by atoms with van der Waals surface area (Å²) in [6.45, 7) is 8.62. The summed E-state index contributed by atoms with van der Waals surface area (Å²) in [7, 11) is 0. The van der Waals surface area contributed by atoms with Gasteiger partial charge in [-0.1, -0.05) is 45.0 Å². The lowest BCUT2D eigenvalue weighted by Crippen LogP contribution is -2.12. The predicted octanol–water partition coefficient (Wildman–Crippen LogP) is 4.45. The van der Waals surface area contributed by atoms with E-state index in [1.54, 1.807) is 0 Å². The standard InChI is InChI=1S/C18H24N2S/c1-4-19-11-16-17(12(2)3)20-18(21-16)15-10-9-13-7-5-6-8-14(13)15/h5-8,12,15,19H,4,9-11H2,1-3H3. The molecule has 1 unspecified atom stereocenters. The van der Waals surface area contributed by atoms with Gasteiger partial charge >= 0.3 is 0 Å². The third-order valence-corrected chi connectivity index (χ3v) is 5.44. The zero-order valence-electron chi connectivity index (χ0n) is 13.1. The molecule has 112 valence electrons. The molecule has 1 aliphatic rings. The van der Waals surface area contributed by atoms with Gasteiger partial charge in [0.2, 0.25) is 0 Å². The Bertz CT molecular complexity index is 615. The van der Waals surface area contributed by atoms with E-state index in [0.29, 0.717) is 11.8 Å². The van der Waals surface area contributed by atoms with Crippen LogP contribution in [-0.2, 0) is 13.0 Å².